The van der Waals surface area contributed by atoms with Gasteiger partial charge in [-0.1, -0.05) is 69.7 Å². The summed E-state index contributed by atoms with van der Waals surface area (Å²) < 4.78 is 11.3. The molecule has 3 rings (SSSR count). The zero-order valence-corrected chi connectivity index (χ0v) is 18.4. The second-order valence-electron chi connectivity index (χ2n) is 7.86. The van der Waals surface area contributed by atoms with Crippen molar-refractivity contribution >= 4 is 0 Å². The van der Waals surface area contributed by atoms with Gasteiger partial charge in [0.1, 0.15) is 5.75 Å². The van der Waals surface area contributed by atoms with Crippen molar-refractivity contribution in [2.75, 3.05) is 6.61 Å². The zero-order chi connectivity index (χ0) is 21.0. The monoisotopic (exact) mass is 406 g/mol. The van der Waals surface area contributed by atoms with Crippen LogP contribution in [0.1, 0.15) is 70.8 Å². The highest BCUT2D eigenvalue weighted by Crippen LogP contribution is 2.24. The second kappa shape index (κ2) is 12.2. The van der Waals surface area contributed by atoms with Crippen molar-refractivity contribution in [1.29, 1.82) is 0 Å². The van der Waals surface area contributed by atoms with Crippen LogP contribution >= 0.6 is 0 Å². The van der Waals surface area contributed by atoms with Gasteiger partial charge in [0.25, 0.3) is 5.89 Å². The molecule has 3 aromatic rings. The van der Waals surface area contributed by atoms with E-state index in [2.05, 4.69) is 48.3 Å². The molecule has 0 amide bonds. The standard InChI is InChI=1S/C26H34N2O2/c1-3-5-7-8-10-20-29-24-18-16-22(17-19-24)25-27-26(30-28-25)23-14-12-21(13-15-23)11-9-6-4-2/h12-19H,3-11,20H2,1-2H3. The maximum atomic E-state index is 5.83. The van der Waals surface area contributed by atoms with Crippen LogP contribution in [0.4, 0.5) is 0 Å². The highest BCUT2D eigenvalue weighted by Gasteiger charge is 2.11. The first-order chi connectivity index (χ1) is 14.8. The van der Waals surface area contributed by atoms with Crippen LogP contribution in [0.3, 0.4) is 0 Å². The van der Waals surface area contributed by atoms with Gasteiger partial charge in [-0.3, -0.25) is 0 Å². The van der Waals surface area contributed by atoms with Crippen molar-refractivity contribution in [2.45, 2.75) is 71.6 Å². The molecule has 0 atom stereocenters. The average Bonchev–Trinajstić information content (AvgIpc) is 3.27. The summed E-state index contributed by atoms with van der Waals surface area (Å²) in [6.45, 7) is 5.23. The van der Waals surface area contributed by atoms with Crippen molar-refractivity contribution in [2.24, 2.45) is 0 Å². The number of nitrogens with zero attached hydrogens (tertiary/aromatic N) is 2. The number of rotatable bonds is 13. The predicted octanol–water partition coefficient (Wildman–Crippen LogP) is 7.49. The lowest BCUT2D eigenvalue weighted by Gasteiger charge is -2.06. The van der Waals surface area contributed by atoms with Gasteiger partial charge in [0.15, 0.2) is 0 Å². The third-order valence-corrected chi connectivity index (χ3v) is 5.33. The summed E-state index contributed by atoms with van der Waals surface area (Å²) in [6.07, 6.45) is 11.1. The fourth-order valence-corrected chi connectivity index (χ4v) is 3.45. The quantitative estimate of drug-likeness (QED) is 0.276. The summed E-state index contributed by atoms with van der Waals surface area (Å²) >= 11 is 0. The zero-order valence-electron chi connectivity index (χ0n) is 18.4. The van der Waals surface area contributed by atoms with Gasteiger partial charge >= 0.3 is 0 Å². The van der Waals surface area contributed by atoms with E-state index in [-0.39, 0.29) is 0 Å². The highest BCUT2D eigenvalue weighted by atomic mass is 16.5. The van der Waals surface area contributed by atoms with E-state index in [9.17, 15) is 0 Å². The molecule has 0 bridgehead atoms. The first-order valence-corrected chi connectivity index (χ1v) is 11.5. The summed E-state index contributed by atoms with van der Waals surface area (Å²) in [5, 5.41) is 4.15. The SMILES string of the molecule is CCCCCCCOc1ccc(-c2noc(-c3ccc(CCCCC)cc3)n2)cc1. The molecule has 0 aliphatic rings. The highest BCUT2D eigenvalue weighted by molar-refractivity contribution is 5.60. The van der Waals surface area contributed by atoms with E-state index in [1.807, 2.05) is 24.3 Å². The molecule has 0 fully saturated rings. The normalized spacial score (nSPS) is 11.0. The number of hydrogen-bond donors (Lipinski definition) is 0. The van der Waals surface area contributed by atoms with Gasteiger partial charge in [0, 0.05) is 11.1 Å². The average molecular weight is 407 g/mol. The molecular formula is C26H34N2O2. The molecule has 4 heteroatoms. The number of unbranched alkanes of at least 4 members (excludes halogenated alkanes) is 6. The third kappa shape index (κ3) is 6.72. The van der Waals surface area contributed by atoms with Crippen LogP contribution in [0, 0.1) is 0 Å². The predicted molar refractivity (Wildman–Crippen MR) is 123 cm³/mol. The van der Waals surface area contributed by atoms with Gasteiger partial charge in [0.05, 0.1) is 6.61 Å². The van der Waals surface area contributed by atoms with Gasteiger partial charge in [-0.05, 0) is 61.2 Å². The van der Waals surface area contributed by atoms with Crippen LogP contribution in [-0.4, -0.2) is 16.7 Å². The molecule has 30 heavy (non-hydrogen) atoms. The van der Waals surface area contributed by atoms with E-state index in [1.165, 1.54) is 50.5 Å². The molecule has 1 heterocycles. The molecule has 0 aliphatic carbocycles. The molecule has 0 aliphatic heterocycles. The van der Waals surface area contributed by atoms with Gasteiger partial charge in [-0.25, -0.2) is 0 Å². The van der Waals surface area contributed by atoms with Gasteiger partial charge in [0.2, 0.25) is 5.82 Å². The summed E-state index contributed by atoms with van der Waals surface area (Å²) in [5.74, 6) is 2.04. The lowest BCUT2D eigenvalue weighted by molar-refractivity contribution is 0.304. The van der Waals surface area contributed by atoms with Gasteiger partial charge in [-0.2, -0.15) is 4.98 Å². The minimum Gasteiger partial charge on any atom is -0.494 e. The van der Waals surface area contributed by atoms with Crippen molar-refractivity contribution in [1.82, 2.24) is 10.1 Å². The molecule has 0 spiro atoms. The van der Waals surface area contributed by atoms with Crippen LogP contribution in [0.25, 0.3) is 22.8 Å². The minimum atomic E-state index is 0.553. The Morgan fingerprint density at radius 3 is 2.13 bits per heavy atom. The Morgan fingerprint density at radius 1 is 0.733 bits per heavy atom. The van der Waals surface area contributed by atoms with E-state index in [0.29, 0.717) is 11.7 Å². The second-order valence-corrected chi connectivity index (χ2v) is 7.86. The maximum absolute atomic E-state index is 5.83. The van der Waals surface area contributed by atoms with Gasteiger partial charge in [-0.15, -0.1) is 0 Å². The van der Waals surface area contributed by atoms with E-state index >= 15 is 0 Å². The molecule has 2 aromatic carbocycles. The Labute approximate surface area is 180 Å². The fraction of sp³-hybridized carbons (Fsp3) is 0.462. The third-order valence-electron chi connectivity index (χ3n) is 5.33. The number of benzene rings is 2. The van der Waals surface area contributed by atoms with E-state index in [1.54, 1.807) is 0 Å². The first kappa shape index (κ1) is 22.1. The molecule has 0 unspecified atom stereocenters. The molecule has 1 aromatic heterocycles. The smallest absolute Gasteiger partial charge is 0.258 e. The van der Waals surface area contributed by atoms with Crippen molar-refractivity contribution < 1.29 is 9.26 Å². The Bertz CT molecular complexity index is 853. The van der Waals surface area contributed by atoms with Crippen LogP contribution < -0.4 is 4.74 Å². The Hall–Kier alpha value is -2.62. The van der Waals surface area contributed by atoms with Crippen LogP contribution in [0.2, 0.25) is 0 Å². The van der Waals surface area contributed by atoms with Gasteiger partial charge < -0.3 is 9.26 Å². The van der Waals surface area contributed by atoms with Crippen LogP contribution in [-0.2, 0) is 6.42 Å². The lowest BCUT2D eigenvalue weighted by atomic mass is 10.1. The summed E-state index contributed by atoms with van der Waals surface area (Å²) in [4.78, 5) is 4.57. The molecule has 4 nitrogen and oxygen atoms in total. The Kier molecular flexibility index (Phi) is 8.95. The lowest BCUT2D eigenvalue weighted by Crippen LogP contribution is -1.97. The van der Waals surface area contributed by atoms with E-state index < -0.39 is 0 Å². The Morgan fingerprint density at radius 2 is 1.40 bits per heavy atom. The van der Waals surface area contributed by atoms with E-state index in [4.69, 9.17) is 9.26 Å². The minimum absolute atomic E-state index is 0.553. The van der Waals surface area contributed by atoms with Crippen molar-refractivity contribution in [3.05, 3.63) is 54.1 Å². The molecular weight excluding hydrogens is 372 g/mol. The number of aryl methyl sites for hydroxylation is 1. The number of aromatic nitrogens is 2. The summed E-state index contributed by atoms with van der Waals surface area (Å²) in [6, 6.07) is 16.4. The number of ether oxygens (including phenoxy) is 1. The number of hydrogen-bond acceptors (Lipinski definition) is 4. The molecule has 0 radical (unpaired) electrons. The van der Waals surface area contributed by atoms with Crippen molar-refractivity contribution in [3.63, 3.8) is 0 Å². The molecule has 0 saturated heterocycles. The van der Waals surface area contributed by atoms with Crippen LogP contribution in [0.5, 0.6) is 5.75 Å². The Balaban J connectivity index is 1.53. The largest absolute Gasteiger partial charge is 0.494 e. The topological polar surface area (TPSA) is 48.2 Å². The van der Waals surface area contributed by atoms with E-state index in [0.717, 1.165) is 36.3 Å². The molecule has 0 saturated carbocycles. The fourth-order valence-electron chi connectivity index (χ4n) is 3.45. The van der Waals surface area contributed by atoms with Crippen molar-refractivity contribution in [3.8, 4) is 28.6 Å². The summed E-state index contributed by atoms with van der Waals surface area (Å²) in [5.41, 5.74) is 3.24. The molecule has 160 valence electrons. The summed E-state index contributed by atoms with van der Waals surface area (Å²) in [7, 11) is 0. The molecule has 0 N–H and O–H groups in total. The van der Waals surface area contributed by atoms with Crippen LogP contribution in [0.15, 0.2) is 53.1 Å². The maximum Gasteiger partial charge on any atom is 0.258 e. The first-order valence-electron chi connectivity index (χ1n) is 11.5.